The third-order valence-corrected chi connectivity index (χ3v) is 3.07. The minimum Gasteiger partial charge on any atom is -0.328 e. The van der Waals surface area contributed by atoms with Crippen LogP contribution in [0.15, 0.2) is 0 Å². The van der Waals surface area contributed by atoms with Gasteiger partial charge in [0.15, 0.2) is 0 Å². The fourth-order valence-electron chi connectivity index (χ4n) is 2.20. The molecule has 0 spiro atoms. The van der Waals surface area contributed by atoms with Crippen LogP contribution in [-0.4, -0.2) is 6.04 Å². The van der Waals surface area contributed by atoms with Gasteiger partial charge in [-0.05, 0) is 19.3 Å². The van der Waals surface area contributed by atoms with E-state index in [1.54, 1.807) is 0 Å². The Morgan fingerprint density at radius 2 is 1.40 bits per heavy atom. The second-order valence-electron chi connectivity index (χ2n) is 5.23. The Balaban J connectivity index is 3.09. The van der Waals surface area contributed by atoms with Crippen molar-refractivity contribution in [3.63, 3.8) is 0 Å². The van der Waals surface area contributed by atoms with Gasteiger partial charge in [0.25, 0.3) is 0 Å². The van der Waals surface area contributed by atoms with Gasteiger partial charge < -0.3 is 5.73 Å². The Labute approximate surface area is 96.8 Å². The zero-order valence-electron chi connectivity index (χ0n) is 11.1. The molecule has 2 unspecified atom stereocenters. The van der Waals surface area contributed by atoms with E-state index in [1.807, 2.05) is 0 Å². The normalized spacial score (nSPS) is 15.2. The van der Waals surface area contributed by atoms with Gasteiger partial charge in [-0.1, -0.05) is 65.2 Å². The monoisotopic (exact) mass is 213 g/mol. The lowest BCUT2D eigenvalue weighted by Crippen LogP contribution is -2.18. The lowest BCUT2D eigenvalue weighted by atomic mass is 9.96. The average molecular weight is 213 g/mol. The summed E-state index contributed by atoms with van der Waals surface area (Å²) in [6, 6.07) is 0.379. The first kappa shape index (κ1) is 15.0. The molecule has 0 saturated heterocycles. The fourth-order valence-corrected chi connectivity index (χ4v) is 2.20. The van der Waals surface area contributed by atoms with E-state index < -0.39 is 0 Å². The van der Waals surface area contributed by atoms with E-state index in [0.717, 1.165) is 5.92 Å². The van der Waals surface area contributed by atoms with Crippen LogP contribution in [0.3, 0.4) is 0 Å². The van der Waals surface area contributed by atoms with E-state index in [4.69, 9.17) is 5.73 Å². The summed E-state index contributed by atoms with van der Waals surface area (Å²) in [6.07, 6.45) is 12.5. The Kier molecular flexibility index (Phi) is 10.4. The summed E-state index contributed by atoms with van der Waals surface area (Å²) >= 11 is 0. The number of hydrogen-bond acceptors (Lipinski definition) is 1. The van der Waals surface area contributed by atoms with Gasteiger partial charge in [0.2, 0.25) is 0 Å². The highest BCUT2D eigenvalue weighted by atomic mass is 14.6. The maximum atomic E-state index is 5.78. The summed E-state index contributed by atoms with van der Waals surface area (Å²) < 4.78 is 0. The highest BCUT2D eigenvalue weighted by Crippen LogP contribution is 2.15. The average Bonchev–Trinajstić information content (AvgIpc) is 2.15. The number of rotatable bonds is 10. The molecule has 2 atom stereocenters. The molecule has 0 aromatic carbocycles. The third-order valence-electron chi connectivity index (χ3n) is 3.07. The molecule has 15 heavy (non-hydrogen) atoms. The molecule has 2 N–H and O–H groups in total. The van der Waals surface area contributed by atoms with Crippen LogP contribution in [0.1, 0.15) is 78.6 Å². The molecule has 0 aliphatic heterocycles. The minimum absolute atomic E-state index is 0.379. The topological polar surface area (TPSA) is 26.0 Å². The van der Waals surface area contributed by atoms with E-state index in [-0.39, 0.29) is 0 Å². The van der Waals surface area contributed by atoms with Crippen molar-refractivity contribution in [3.05, 3.63) is 0 Å². The first-order valence-electron chi connectivity index (χ1n) is 6.92. The molecule has 0 bridgehead atoms. The lowest BCUT2D eigenvalue weighted by molar-refractivity contribution is 0.426. The molecular formula is C14H31N. The first-order valence-corrected chi connectivity index (χ1v) is 6.92. The number of nitrogens with two attached hydrogens (primary N) is 1. The predicted octanol–water partition coefficient (Wildman–Crippen LogP) is 4.50. The predicted molar refractivity (Wildman–Crippen MR) is 70.0 cm³/mol. The van der Waals surface area contributed by atoms with Crippen molar-refractivity contribution in [2.45, 2.75) is 84.6 Å². The molecule has 0 fully saturated rings. The van der Waals surface area contributed by atoms with Crippen LogP contribution in [-0.2, 0) is 0 Å². The number of hydrogen-bond donors (Lipinski definition) is 1. The van der Waals surface area contributed by atoms with Gasteiger partial charge in [-0.25, -0.2) is 0 Å². The fraction of sp³-hybridized carbons (Fsp3) is 1.00. The molecule has 0 heterocycles. The summed E-state index contributed by atoms with van der Waals surface area (Å²) in [4.78, 5) is 0. The smallest absolute Gasteiger partial charge is 0.00130 e. The molecule has 0 aliphatic rings. The molecule has 0 aromatic heterocycles. The largest absolute Gasteiger partial charge is 0.328 e. The molecule has 0 amide bonds. The highest BCUT2D eigenvalue weighted by Gasteiger charge is 2.04. The van der Waals surface area contributed by atoms with Crippen molar-refractivity contribution in [1.29, 1.82) is 0 Å². The minimum atomic E-state index is 0.379. The van der Waals surface area contributed by atoms with Gasteiger partial charge in [-0.15, -0.1) is 0 Å². The second-order valence-corrected chi connectivity index (χ2v) is 5.23. The van der Waals surface area contributed by atoms with E-state index in [0.29, 0.717) is 6.04 Å². The van der Waals surface area contributed by atoms with Crippen molar-refractivity contribution < 1.29 is 0 Å². The summed E-state index contributed by atoms with van der Waals surface area (Å²) in [5.74, 6) is 0.820. The van der Waals surface area contributed by atoms with Crippen molar-refractivity contribution in [2.24, 2.45) is 11.7 Å². The highest BCUT2D eigenvalue weighted by molar-refractivity contribution is 4.60. The summed E-state index contributed by atoms with van der Waals surface area (Å²) in [5, 5.41) is 0. The van der Waals surface area contributed by atoms with Crippen LogP contribution in [0.4, 0.5) is 0 Å². The molecule has 0 rings (SSSR count). The van der Waals surface area contributed by atoms with Gasteiger partial charge >= 0.3 is 0 Å². The van der Waals surface area contributed by atoms with Gasteiger partial charge in [0.05, 0.1) is 0 Å². The zero-order chi connectivity index (χ0) is 11.5. The summed E-state index contributed by atoms with van der Waals surface area (Å²) in [5.41, 5.74) is 5.78. The maximum absolute atomic E-state index is 5.78. The van der Waals surface area contributed by atoms with Gasteiger partial charge in [-0.2, -0.15) is 0 Å². The van der Waals surface area contributed by atoms with E-state index in [2.05, 4.69) is 20.8 Å². The zero-order valence-corrected chi connectivity index (χ0v) is 11.1. The van der Waals surface area contributed by atoms with Gasteiger partial charge in [0.1, 0.15) is 0 Å². The van der Waals surface area contributed by atoms with E-state index in [9.17, 15) is 0 Å². The molecule has 1 heteroatoms. The van der Waals surface area contributed by atoms with Gasteiger partial charge in [-0.3, -0.25) is 0 Å². The van der Waals surface area contributed by atoms with E-state index >= 15 is 0 Å². The molecular weight excluding hydrogens is 182 g/mol. The molecule has 1 nitrogen and oxygen atoms in total. The van der Waals surface area contributed by atoms with Crippen molar-refractivity contribution in [2.75, 3.05) is 0 Å². The Hall–Kier alpha value is -0.0400. The van der Waals surface area contributed by atoms with Crippen molar-refractivity contribution in [1.82, 2.24) is 0 Å². The van der Waals surface area contributed by atoms with Crippen LogP contribution >= 0.6 is 0 Å². The van der Waals surface area contributed by atoms with Crippen molar-refractivity contribution >= 4 is 0 Å². The Bertz CT molecular complexity index is 121. The molecule has 0 aliphatic carbocycles. The van der Waals surface area contributed by atoms with Crippen LogP contribution in [0.5, 0.6) is 0 Å². The second kappa shape index (κ2) is 10.5. The lowest BCUT2D eigenvalue weighted by Gasteiger charge is -2.13. The first-order chi connectivity index (χ1) is 7.16. The van der Waals surface area contributed by atoms with Gasteiger partial charge in [0, 0.05) is 6.04 Å². The Morgan fingerprint density at radius 1 is 0.867 bits per heavy atom. The quantitative estimate of drug-likeness (QED) is 0.531. The number of unbranched alkanes of at least 4 members (excludes halogenated alkanes) is 6. The van der Waals surface area contributed by atoms with Crippen LogP contribution in [0.2, 0.25) is 0 Å². The molecule has 0 aromatic rings. The maximum Gasteiger partial charge on any atom is 0.00130 e. The van der Waals surface area contributed by atoms with E-state index in [1.165, 1.54) is 57.8 Å². The summed E-state index contributed by atoms with van der Waals surface area (Å²) in [7, 11) is 0. The summed E-state index contributed by atoms with van der Waals surface area (Å²) in [6.45, 7) is 6.72. The van der Waals surface area contributed by atoms with Crippen LogP contribution in [0, 0.1) is 5.92 Å². The van der Waals surface area contributed by atoms with Crippen LogP contribution < -0.4 is 5.73 Å². The third kappa shape index (κ3) is 11.9. The van der Waals surface area contributed by atoms with Crippen LogP contribution in [0.25, 0.3) is 0 Å². The molecule has 92 valence electrons. The Morgan fingerprint density at radius 3 is 1.93 bits per heavy atom. The standard InChI is InChI=1S/C14H31N/c1-4-5-6-7-8-9-10-11-13(2)12-14(3)15/h13-14H,4-12,15H2,1-3H3. The molecule has 0 radical (unpaired) electrons. The molecule has 0 saturated carbocycles. The SMILES string of the molecule is CCCCCCCCCC(C)CC(C)N. The van der Waals surface area contributed by atoms with Crippen molar-refractivity contribution in [3.8, 4) is 0 Å².